The molecule has 2 heterocycles. The predicted molar refractivity (Wildman–Crippen MR) is 62.9 cm³/mol. The first-order valence-electron chi connectivity index (χ1n) is 5.47. The molecule has 0 radical (unpaired) electrons. The van der Waals surface area contributed by atoms with Gasteiger partial charge in [-0.2, -0.15) is 4.98 Å². The van der Waals surface area contributed by atoms with Crippen LogP contribution in [-0.2, 0) is 4.74 Å². The van der Waals surface area contributed by atoms with E-state index in [1.165, 1.54) is 6.07 Å². The normalized spacial score (nSPS) is 32.9. The van der Waals surface area contributed by atoms with Crippen molar-refractivity contribution >= 4 is 5.82 Å². The van der Waals surface area contributed by atoms with E-state index in [0.29, 0.717) is 0 Å². The van der Waals surface area contributed by atoms with Gasteiger partial charge in [0.25, 0.3) is 0 Å². The van der Waals surface area contributed by atoms with Crippen LogP contribution in [0.4, 0.5) is 10.2 Å². The van der Waals surface area contributed by atoms with Crippen molar-refractivity contribution in [3.63, 3.8) is 0 Å². The molecule has 0 aliphatic carbocycles. The highest BCUT2D eigenvalue weighted by Gasteiger charge is 2.56. The average molecular weight is 286 g/mol. The summed E-state index contributed by atoms with van der Waals surface area (Å²) in [5.74, 6) is -0.0660. The van der Waals surface area contributed by atoms with Gasteiger partial charge in [-0.3, -0.25) is 4.57 Å². The Morgan fingerprint density at radius 2 is 2.45 bits per heavy atom. The first-order valence-corrected chi connectivity index (χ1v) is 5.47. The van der Waals surface area contributed by atoms with E-state index in [1.54, 1.807) is 0 Å². The molecule has 20 heavy (non-hydrogen) atoms. The van der Waals surface area contributed by atoms with E-state index in [9.17, 15) is 19.4 Å². The fraction of sp³-hybridized carbons (Fsp3) is 0.556. The van der Waals surface area contributed by atoms with Gasteiger partial charge in [0.2, 0.25) is 5.72 Å². The maximum atomic E-state index is 14.1. The van der Waals surface area contributed by atoms with E-state index in [2.05, 4.69) is 15.0 Å². The van der Waals surface area contributed by atoms with Crippen LogP contribution in [-0.4, -0.2) is 44.4 Å². The van der Waals surface area contributed by atoms with Crippen molar-refractivity contribution in [1.29, 1.82) is 0 Å². The van der Waals surface area contributed by atoms with Gasteiger partial charge in [0.05, 0.1) is 6.61 Å². The van der Waals surface area contributed by atoms with Crippen LogP contribution in [0.25, 0.3) is 10.4 Å². The Labute approximate surface area is 110 Å². The number of alkyl halides is 1. The Bertz CT molecular complexity index is 617. The second kappa shape index (κ2) is 5.06. The predicted octanol–water partition coefficient (Wildman–Crippen LogP) is -0.948. The van der Waals surface area contributed by atoms with Crippen molar-refractivity contribution in [2.75, 3.05) is 12.3 Å². The minimum absolute atomic E-state index is 0.0660. The number of aliphatic hydroxyl groups excluding tert-OH is 2. The Hall–Kier alpha value is -2.20. The Morgan fingerprint density at radius 3 is 3.00 bits per heavy atom. The van der Waals surface area contributed by atoms with Gasteiger partial charge < -0.3 is 20.7 Å². The number of nitrogen functional groups attached to an aromatic ring is 1. The number of hydrogen-bond acceptors (Lipinski definition) is 7. The molecule has 0 saturated carbocycles. The number of aromatic nitrogens is 2. The fourth-order valence-electron chi connectivity index (χ4n) is 1.90. The number of rotatable bonds is 3. The maximum Gasteiger partial charge on any atom is 0.351 e. The second-order valence-corrected chi connectivity index (χ2v) is 4.13. The zero-order valence-corrected chi connectivity index (χ0v) is 10.00. The Kier molecular flexibility index (Phi) is 3.59. The van der Waals surface area contributed by atoms with Crippen molar-refractivity contribution in [3.8, 4) is 0 Å². The van der Waals surface area contributed by atoms with Crippen molar-refractivity contribution in [1.82, 2.24) is 9.55 Å². The van der Waals surface area contributed by atoms with Crippen molar-refractivity contribution in [3.05, 3.63) is 33.2 Å². The molecule has 0 amide bonds. The van der Waals surface area contributed by atoms with Gasteiger partial charge in [0.1, 0.15) is 11.9 Å². The first-order chi connectivity index (χ1) is 9.45. The molecule has 0 spiro atoms. The smallest absolute Gasteiger partial charge is 0.351 e. The minimum Gasteiger partial charge on any atom is -0.393 e. The largest absolute Gasteiger partial charge is 0.393 e. The molecule has 1 saturated heterocycles. The van der Waals surface area contributed by atoms with Gasteiger partial charge in [-0.1, -0.05) is 5.11 Å². The van der Waals surface area contributed by atoms with Gasteiger partial charge in [-0.25, -0.2) is 9.18 Å². The Morgan fingerprint density at radius 1 is 1.75 bits per heavy atom. The molecule has 1 unspecified atom stereocenters. The molecule has 1 aromatic heterocycles. The molecule has 1 aliphatic rings. The summed E-state index contributed by atoms with van der Waals surface area (Å²) in [7, 11) is 0. The number of ether oxygens (including phenoxy) is 1. The highest BCUT2D eigenvalue weighted by molar-refractivity contribution is 5.23. The number of halogens is 1. The van der Waals surface area contributed by atoms with Crippen LogP contribution < -0.4 is 11.4 Å². The molecule has 4 atom stereocenters. The highest BCUT2D eigenvalue weighted by Crippen LogP contribution is 2.39. The van der Waals surface area contributed by atoms with E-state index in [4.69, 9.17) is 16.0 Å². The summed E-state index contributed by atoms with van der Waals surface area (Å²) >= 11 is 0. The van der Waals surface area contributed by atoms with Crippen LogP contribution in [0.15, 0.2) is 22.2 Å². The van der Waals surface area contributed by atoms with Crippen molar-refractivity contribution in [2.45, 2.75) is 24.2 Å². The van der Waals surface area contributed by atoms with Crippen LogP contribution in [0.2, 0.25) is 0 Å². The molecule has 108 valence electrons. The lowest BCUT2D eigenvalue weighted by atomic mass is 10.1. The van der Waals surface area contributed by atoms with Crippen LogP contribution in [0.1, 0.15) is 6.23 Å². The van der Waals surface area contributed by atoms with E-state index < -0.39 is 36.5 Å². The zero-order valence-electron chi connectivity index (χ0n) is 10.00. The summed E-state index contributed by atoms with van der Waals surface area (Å²) in [6, 6.07) is 1.23. The molecule has 2 rings (SSSR count). The topological polar surface area (TPSA) is 159 Å². The molecule has 1 fully saturated rings. The first kappa shape index (κ1) is 14.2. The Balaban J connectivity index is 2.45. The molecule has 1 aromatic rings. The maximum absolute atomic E-state index is 14.1. The number of nitrogens with two attached hydrogens (primary N) is 1. The molecule has 0 bridgehead atoms. The number of aliphatic hydroxyl groups is 2. The lowest BCUT2D eigenvalue weighted by Crippen LogP contribution is -2.43. The highest BCUT2D eigenvalue weighted by atomic mass is 19.1. The van der Waals surface area contributed by atoms with E-state index >= 15 is 0 Å². The number of anilines is 1. The summed E-state index contributed by atoms with van der Waals surface area (Å²) in [5.41, 5.74) is 10.6. The molecular weight excluding hydrogens is 275 g/mol. The summed E-state index contributed by atoms with van der Waals surface area (Å²) in [6.07, 6.45) is -4.50. The third kappa shape index (κ3) is 2.08. The molecule has 11 heteroatoms. The van der Waals surface area contributed by atoms with Gasteiger partial charge >= 0.3 is 5.69 Å². The van der Waals surface area contributed by atoms with Crippen molar-refractivity contribution < 1.29 is 19.3 Å². The lowest BCUT2D eigenvalue weighted by molar-refractivity contribution is -0.124. The van der Waals surface area contributed by atoms with E-state index in [1.807, 2.05) is 0 Å². The summed E-state index contributed by atoms with van der Waals surface area (Å²) in [4.78, 5) is 17.4. The minimum atomic E-state index is -2.19. The molecule has 4 N–H and O–H groups in total. The monoisotopic (exact) mass is 286 g/mol. The zero-order chi connectivity index (χ0) is 14.9. The number of azide groups is 1. The molecule has 1 aliphatic heterocycles. The van der Waals surface area contributed by atoms with Crippen LogP contribution in [0.3, 0.4) is 0 Å². The van der Waals surface area contributed by atoms with Crippen LogP contribution >= 0.6 is 0 Å². The van der Waals surface area contributed by atoms with Gasteiger partial charge in [0, 0.05) is 11.1 Å². The fourth-order valence-corrected chi connectivity index (χ4v) is 1.90. The molecule has 0 aromatic carbocycles. The molecular formula is C9H11FN6O4. The third-order valence-corrected chi connectivity index (χ3v) is 2.93. The van der Waals surface area contributed by atoms with Gasteiger partial charge in [-0.15, -0.1) is 0 Å². The van der Waals surface area contributed by atoms with Crippen LogP contribution in [0, 0.1) is 0 Å². The SMILES string of the molecule is [N-]=[N+]=N[C@]1(CO)O[C@@H](n2ccc(N)nc2=O)C(F)[C@@H]1O. The quantitative estimate of drug-likeness (QED) is 0.369. The average Bonchev–Trinajstić information content (AvgIpc) is 2.65. The number of nitrogens with zero attached hydrogens (tertiary/aromatic N) is 5. The van der Waals surface area contributed by atoms with E-state index in [-0.39, 0.29) is 5.82 Å². The van der Waals surface area contributed by atoms with Crippen LogP contribution in [0.5, 0.6) is 0 Å². The van der Waals surface area contributed by atoms with Gasteiger partial charge in [0.15, 0.2) is 12.4 Å². The molecule has 10 nitrogen and oxygen atoms in total. The van der Waals surface area contributed by atoms with Gasteiger partial charge in [-0.05, 0) is 11.6 Å². The second-order valence-electron chi connectivity index (χ2n) is 4.13. The van der Waals surface area contributed by atoms with E-state index in [0.717, 1.165) is 10.8 Å². The van der Waals surface area contributed by atoms with Crippen molar-refractivity contribution in [2.24, 2.45) is 5.11 Å². The summed E-state index contributed by atoms with van der Waals surface area (Å²) in [5, 5.41) is 22.0. The standard InChI is InChI=1S/C9H11FN6O4/c10-5-6(18)9(3-17,14-15-12)20-7(5)16-2-1-4(11)13-8(16)19/h1-2,5-7,17-18H,3H2,(H2,11,13,19)/t5?,6-,7+,9+/m0/s1. The summed E-state index contributed by atoms with van der Waals surface area (Å²) < 4.78 is 19.9. The lowest BCUT2D eigenvalue weighted by Gasteiger charge is -2.23. The summed E-state index contributed by atoms with van der Waals surface area (Å²) in [6.45, 7) is -0.952. The third-order valence-electron chi connectivity index (χ3n) is 2.93. The number of hydrogen-bond donors (Lipinski definition) is 3.